The number of aromatic carboxylic acids is 2. The molecule has 2 aromatic rings. The number of alkyl halides is 2. The second-order valence-corrected chi connectivity index (χ2v) is 32.0. The number of carboxylic acid groups (broad SMARTS) is 2. The van der Waals surface area contributed by atoms with E-state index in [-0.39, 0.29) is 17.3 Å². The fraction of sp³-hybridized carbons (Fsp3) is 0.462. The van der Waals surface area contributed by atoms with Gasteiger partial charge in [-0.1, -0.05) is 48.0 Å². The van der Waals surface area contributed by atoms with Gasteiger partial charge in [0.1, 0.15) is 0 Å². The average molecular weight is 752 g/mol. The third-order valence-electron chi connectivity index (χ3n) is 9.58. The van der Waals surface area contributed by atoms with Crippen molar-refractivity contribution in [3.63, 3.8) is 0 Å². The first-order valence-electron chi connectivity index (χ1n) is 12.2. The number of rotatable bonds is 2. The van der Waals surface area contributed by atoms with E-state index >= 15 is 0 Å². The van der Waals surface area contributed by atoms with Crippen molar-refractivity contribution < 1.29 is 41.1 Å². The van der Waals surface area contributed by atoms with E-state index in [0.717, 1.165) is 32.5 Å². The molecule has 208 valence electrons. The van der Waals surface area contributed by atoms with Crippen LogP contribution >= 0.6 is 50.0 Å². The Balaban J connectivity index is 0.000000153. The summed E-state index contributed by atoms with van der Waals surface area (Å²) in [6, 6.07) is 11.3. The quantitative estimate of drug-likeness (QED) is 0.267. The first kappa shape index (κ1) is 30.7. The van der Waals surface area contributed by atoms with E-state index in [1.54, 1.807) is 23.6 Å². The normalized spacial score (nSPS) is 38.1. The molecule has 5 nitrogen and oxygen atoms in total. The van der Waals surface area contributed by atoms with Crippen LogP contribution in [0.2, 0.25) is 0 Å². The van der Waals surface area contributed by atoms with Gasteiger partial charge < -0.3 is 16.4 Å². The van der Waals surface area contributed by atoms with Crippen molar-refractivity contribution >= 4 is 61.9 Å². The summed E-state index contributed by atoms with van der Waals surface area (Å²) in [6.07, 6.45) is 0. The molecule has 4 bridgehead atoms. The molecule has 6 atom stereocenters. The summed E-state index contributed by atoms with van der Waals surface area (Å²) in [5.74, 6) is -0.290. The van der Waals surface area contributed by atoms with Crippen LogP contribution < -0.4 is 6.15 Å². The summed E-state index contributed by atoms with van der Waals surface area (Å²) < 4.78 is 15.5. The summed E-state index contributed by atoms with van der Waals surface area (Å²) in [5.41, 5.74) is 11.4. The number of carboxylic acids is 2. The number of carbonyl (C=O) groups is 2. The summed E-state index contributed by atoms with van der Waals surface area (Å²) >= 11 is -0.354. The summed E-state index contributed by atoms with van der Waals surface area (Å²) in [4.78, 5) is 21.0. The third-order valence-corrected chi connectivity index (χ3v) is 9.58. The van der Waals surface area contributed by atoms with Crippen LogP contribution in [-0.4, -0.2) is 35.1 Å². The third kappa shape index (κ3) is 2.46. The van der Waals surface area contributed by atoms with E-state index in [9.17, 15) is 14.0 Å². The van der Waals surface area contributed by atoms with Crippen molar-refractivity contribution in [2.24, 2.45) is 21.7 Å². The first-order valence-corrected chi connectivity index (χ1v) is 25.7. The fourth-order valence-electron chi connectivity index (χ4n) is 9.73. The topological polar surface area (TPSA) is 110 Å². The number of hydrogen-bond acceptors (Lipinski definition) is 3. The van der Waals surface area contributed by atoms with Gasteiger partial charge in [-0.05, 0) is 60.1 Å². The Labute approximate surface area is 250 Å². The Morgan fingerprint density at radius 2 is 1.34 bits per heavy atom. The molecule has 12 rings (SSSR count). The molecule has 6 spiro atoms. The second kappa shape index (κ2) is 9.15. The van der Waals surface area contributed by atoms with Crippen LogP contribution in [0.25, 0.3) is 0 Å². The average Bonchev–Trinajstić information content (AvgIpc) is 3.73. The minimum atomic E-state index is -3.29. The number of halogens is 6. The van der Waals surface area contributed by atoms with Crippen LogP contribution in [-0.2, 0) is 26.3 Å². The molecule has 38 heavy (non-hydrogen) atoms. The summed E-state index contributed by atoms with van der Waals surface area (Å²) in [6.45, 7) is 7.89. The van der Waals surface area contributed by atoms with Crippen molar-refractivity contribution in [3.05, 3.63) is 69.8 Å². The molecule has 0 saturated heterocycles. The van der Waals surface area contributed by atoms with Gasteiger partial charge in [0, 0.05) is 32.5 Å². The molecular weight excluding hydrogens is 722 g/mol. The molecule has 0 aliphatic heterocycles. The molecule has 0 aromatic heterocycles. The Morgan fingerprint density at radius 3 is 1.74 bits per heavy atom. The van der Waals surface area contributed by atoms with Gasteiger partial charge in [0.2, 0.25) is 0 Å². The van der Waals surface area contributed by atoms with Crippen LogP contribution in [0, 0.1) is 35.5 Å². The van der Waals surface area contributed by atoms with Crippen LogP contribution in [0.3, 0.4) is 0 Å². The van der Waals surface area contributed by atoms with Crippen molar-refractivity contribution in [3.8, 4) is 0 Å². The molecule has 10 aliphatic rings. The van der Waals surface area contributed by atoms with Crippen molar-refractivity contribution in [2.75, 3.05) is 13.0 Å². The van der Waals surface area contributed by atoms with Crippen LogP contribution in [0.1, 0.15) is 58.2 Å². The van der Waals surface area contributed by atoms with Gasteiger partial charge in [-0.3, -0.25) is 4.39 Å². The molecule has 10 aliphatic carbocycles. The van der Waals surface area contributed by atoms with Crippen LogP contribution in [0.4, 0.5) is 4.39 Å². The van der Waals surface area contributed by atoms with Gasteiger partial charge >= 0.3 is 61.5 Å². The molecule has 0 radical (unpaired) electrons. The van der Waals surface area contributed by atoms with E-state index in [0.29, 0.717) is 5.56 Å². The summed E-state index contributed by atoms with van der Waals surface area (Å²) in [5, 5.41) is 17.2. The predicted octanol–water partition coefficient (Wildman–Crippen LogP) is 8.44. The van der Waals surface area contributed by atoms with Crippen LogP contribution in [0.15, 0.2) is 36.4 Å². The van der Waals surface area contributed by atoms with E-state index in [1.165, 1.54) is 18.2 Å². The zero-order valence-electron chi connectivity index (χ0n) is 22.4. The molecule has 0 amide bonds. The molecular formula is C26H29BrCl4FNO4Zr. The number of hydrogen-bond donors (Lipinski definition) is 3. The Hall–Kier alpha value is -0.207. The molecule has 6 saturated carbocycles. The van der Waals surface area contributed by atoms with Gasteiger partial charge in [0.25, 0.3) is 0 Å². The van der Waals surface area contributed by atoms with Gasteiger partial charge in [-0.2, -0.15) is 0 Å². The second-order valence-electron chi connectivity index (χ2n) is 9.60. The number of aryl methyl sites for hydroxylation is 2. The maximum atomic E-state index is 10.6. The standard InChI is InChI=1S/C13H6.C9H8O4.C2H6.CH3Br.CH3F.4ClH.H3N.Zr/c1-5-4-6-2-3-7(5)9-10-8(6)11(9)12(8,10)13(9,10)11;1-5-4-6(8(10)11)2-3-7(5)9(12)13;3*1-2;;;;;;/h2-4H,1H3;2-4H,1H3,(H,10,11)(H,12,13);1-2H3;2*1H3;4*1H;1H3;/q;;;;;;;;;;+4/p-4/t8?,9?,10-,11?,12?,13?;;;;;;;;;;/m1........../s1/i;;;;1D;;;;;;. The zero-order valence-corrected chi connectivity index (χ0v) is 28.4. The molecule has 6 fully saturated rings. The van der Waals surface area contributed by atoms with Crippen molar-refractivity contribution in [1.82, 2.24) is 6.15 Å². The van der Waals surface area contributed by atoms with Crippen LogP contribution in [0.5, 0.6) is 0 Å². The Morgan fingerprint density at radius 1 is 0.868 bits per heavy atom. The first-order chi connectivity index (χ1) is 17.8. The van der Waals surface area contributed by atoms with Gasteiger partial charge in [0.05, 0.1) is 19.7 Å². The van der Waals surface area contributed by atoms with Gasteiger partial charge in [-0.25, -0.2) is 9.59 Å². The molecule has 12 heteroatoms. The van der Waals surface area contributed by atoms with Crippen molar-refractivity contribution in [2.45, 2.75) is 38.5 Å². The molecule has 2 aromatic carbocycles. The molecule has 0 heterocycles. The Kier molecular flexibility index (Phi) is 7.40. The Bertz CT molecular complexity index is 1380. The predicted molar refractivity (Wildman–Crippen MR) is 151 cm³/mol. The maximum absolute atomic E-state index is 10.6. The summed E-state index contributed by atoms with van der Waals surface area (Å²) in [7, 11) is 19.1. The number of benzene rings is 2. The fourth-order valence-corrected chi connectivity index (χ4v) is 9.73. The zero-order chi connectivity index (χ0) is 29.1. The molecule has 5 N–H and O–H groups in total. The minimum absolute atomic E-state index is 0. The van der Waals surface area contributed by atoms with Gasteiger partial charge in [-0.15, -0.1) is 0 Å². The van der Waals surface area contributed by atoms with E-state index in [2.05, 4.69) is 41.1 Å². The van der Waals surface area contributed by atoms with E-state index in [4.69, 9.17) is 45.6 Å². The van der Waals surface area contributed by atoms with Crippen molar-refractivity contribution in [1.29, 1.82) is 0 Å². The van der Waals surface area contributed by atoms with E-state index < -0.39 is 34.6 Å². The van der Waals surface area contributed by atoms with E-state index in [1.807, 2.05) is 19.7 Å². The monoisotopic (exact) mass is 748 g/mol. The van der Waals surface area contributed by atoms with Gasteiger partial charge in [0.15, 0.2) is 0 Å². The molecule has 5 unspecified atom stereocenters. The SMILES string of the molecule is CBr.CC.Cc1cc(C(=O)O)ccc1C(=O)O.Cc1cc2ccc1C13C45C26C42C51[C@]632.N.[2H]CF.[Cl][Zr]([Cl])([Cl])[Cl].